The number of amides is 1. The molecule has 0 aliphatic carbocycles. The van der Waals surface area contributed by atoms with Gasteiger partial charge in [-0.1, -0.05) is 23.7 Å². The van der Waals surface area contributed by atoms with Crippen molar-refractivity contribution in [2.24, 2.45) is 0 Å². The van der Waals surface area contributed by atoms with E-state index >= 15 is 0 Å². The molecule has 1 amide bonds. The quantitative estimate of drug-likeness (QED) is 0.663. The molecule has 0 atom stereocenters. The van der Waals surface area contributed by atoms with E-state index in [1.807, 2.05) is 12.1 Å². The van der Waals surface area contributed by atoms with Crippen LogP contribution in [0.4, 0.5) is 5.13 Å². The minimum atomic E-state index is -0.529. The van der Waals surface area contributed by atoms with Gasteiger partial charge in [-0.2, -0.15) is 0 Å². The molecular formula is C17H13ClN2O4S. The third-order valence-corrected chi connectivity index (χ3v) is 4.27. The van der Waals surface area contributed by atoms with Crippen molar-refractivity contribution >= 4 is 39.9 Å². The third-order valence-electron chi connectivity index (χ3n) is 3.18. The second-order valence-corrected chi connectivity index (χ2v) is 6.12. The number of nitrogens with zero attached hydrogens (tertiary/aromatic N) is 1. The normalized spacial score (nSPS) is 10.5. The summed E-state index contributed by atoms with van der Waals surface area (Å²) in [6.45, 7) is 1.97. The van der Waals surface area contributed by atoms with Crippen LogP contribution in [0.15, 0.2) is 46.2 Å². The van der Waals surface area contributed by atoms with Crippen LogP contribution in [-0.4, -0.2) is 23.5 Å². The first kappa shape index (κ1) is 17.2. The number of nitrogens with one attached hydrogen (secondary N) is 1. The smallest absolute Gasteiger partial charge is 0.357 e. The maximum atomic E-state index is 12.3. The van der Waals surface area contributed by atoms with Crippen LogP contribution in [-0.2, 0) is 4.74 Å². The number of rotatable bonds is 5. The molecule has 0 fully saturated rings. The van der Waals surface area contributed by atoms with E-state index in [2.05, 4.69) is 10.3 Å². The summed E-state index contributed by atoms with van der Waals surface area (Å²) in [4.78, 5) is 27.9. The Morgan fingerprint density at radius 2 is 2.08 bits per heavy atom. The first-order valence-electron chi connectivity index (χ1n) is 7.37. The van der Waals surface area contributed by atoms with Crippen LogP contribution >= 0.6 is 22.9 Å². The van der Waals surface area contributed by atoms with E-state index in [9.17, 15) is 9.59 Å². The van der Waals surface area contributed by atoms with Crippen molar-refractivity contribution in [3.05, 3.63) is 58.3 Å². The molecule has 1 aromatic carbocycles. The Labute approximate surface area is 152 Å². The van der Waals surface area contributed by atoms with Gasteiger partial charge in [0.15, 0.2) is 16.6 Å². The molecular weight excluding hydrogens is 364 g/mol. The van der Waals surface area contributed by atoms with Crippen LogP contribution in [0, 0.1) is 0 Å². The fourth-order valence-corrected chi connectivity index (χ4v) is 2.96. The molecule has 0 unspecified atom stereocenters. The third kappa shape index (κ3) is 3.89. The maximum Gasteiger partial charge on any atom is 0.357 e. The number of esters is 1. The Kier molecular flexibility index (Phi) is 5.16. The first-order valence-corrected chi connectivity index (χ1v) is 8.63. The number of hydrogen-bond donors (Lipinski definition) is 1. The number of aromatic nitrogens is 1. The lowest BCUT2D eigenvalue weighted by Crippen LogP contribution is -2.11. The average Bonchev–Trinajstić information content (AvgIpc) is 3.25. The van der Waals surface area contributed by atoms with Gasteiger partial charge in [-0.25, -0.2) is 9.78 Å². The molecule has 0 aliphatic rings. The van der Waals surface area contributed by atoms with Crippen LogP contribution in [0.1, 0.15) is 28.0 Å². The van der Waals surface area contributed by atoms with Crippen molar-refractivity contribution in [2.45, 2.75) is 6.92 Å². The van der Waals surface area contributed by atoms with Crippen LogP contribution < -0.4 is 5.32 Å². The molecule has 0 saturated heterocycles. The summed E-state index contributed by atoms with van der Waals surface area (Å²) in [7, 11) is 0. The highest BCUT2D eigenvalue weighted by atomic mass is 35.5. The highest BCUT2D eigenvalue weighted by Crippen LogP contribution is 2.29. The van der Waals surface area contributed by atoms with E-state index in [-0.39, 0.29) is 23.2 Å². The number of carbonyl (C=O) groups excluding carboxylic acids is 2. The Balaban J connectivity index is 1.72. The predicted molar refractivity (Wildman–Crippen MR) is 95.2 cm³/mol. The predicted octanol–water partition coefficient (Wildman–Crippen LogP) is 4.49. The number of carbonyl (C=O) groups is 2. The van der Waals surface area contributed by atoms with Gasteiger partial charge >= 0.3 is 5.97 Å². The zero-order valence-corrected chi connectivity index (χ0v) is 14.7. The van der Waals surface area contributed by atoms with Gasteiger partial charge in [0.05, 0.1) is 11.6 Å². The van der Waals surface area contributed by atoms with Crippen molar-refractivity contribution in [2.75, 3.05) is 11.9 Å². The number of ether oxygens (including phenoxy) is 1. The van der Waals surface area contributed by atoms with Crippen molar-refractivity contribution in [3.63, 3.8) is 0 Å². The Hall–Kier alpha value is -2.64. The summed E-state index contributed by atoms with van der Waals surface area (Å²) in [5.41, 5.74) is 0.848. The molecule has 3 rings (SSSR count). The SMILES string of the molecule is CCOC(=O)c1csc(NC(=O)c2ccc(-c3ccccc3Cl)o2)n1. The van der Waals surface area contributed by atoms with Gasteiger partial charge in [0.1, 0.15) is 5.76 Å². The molecule has 1 N–H and O–H groups in total. The highest BCUT2D eigenvalue weighted by molar-refractivity contribution is 7.14. The Bertz CT molecular complexity index is 919. The van der Waals surface area contributed by atoms with Gasteiger partial charge in [0.25, 0.3) is 5.91 Å². The first-order chi connectivity index (χ1) is 12.1. The van der Waals surface area contributed by atoms with E-state index in [0.29, 0.717) is 16.3 Å². The lowest BCUT2D eigenvalue weighted by Gasteiger charge is -2.00. The van der Waals surface area contributed by atoms with E-state index in [4.69, 9.17) is 20.8 Å². The molecule has 0 radical (unpaired) electrons. The van der Waals surface area contributed by atoms with E-state index in [1.54, 1.807) is 31.2 Å². The monoisotopic (exact) mass is 376 g/mol. The van der Waals surface area contributed by atoms with E-state index < -0.39 is 11.9 Å². The van der Waals surface area contributed by atoms with Crippen molar-refractivity contribution in [3.8, 4) is 11.3 Å². The molecule has 8 heteroatoms. The molecule has 0 aliphatic heterocycles. The molecule has 0 saturated carbocycles. The Morgan fingerprint density at radius 1 is 1.28 bits per heavy atom. The topological polar surface area (TPSA) is 81.4 Å². The van der Waals surface area contributed by atoms with Crippen LogP contribution in [0.5, 0.6) is 0 Å². The zero-order chi connectivity index (χ0) is 17.8. The van der Waals surface area contributed by atoms with Crippen molar-refractivity contribution < 1.29 is 18.7 Å². The summed E-state index contributed by atoms with van der Waals surface area (Å²) in [6, 6.07) is 10.4. The average molecular weight is 377 g/mol. The Morgan fingerprint density at radius 3 is 2.84 bits per heavy atom. The van der Waals surface area contributed by atoms with Crippen LogP contribution in [0.2, 0.25) is 5.02 Å². The standard InChI is InChI=1S/C17H13ClN2O4S/c1-2-23-16(22)12-9-25-17(19-12)20-15(21)14-8-7-13(24-14)10-5-3-4-6-11(10)18/h3-9H,2H2,1H3,(H,19,20,21). The molecule has 2 heterocycles. The van der Waals surface area contributed by atoms with Gasteiger partial charge < -0.3 is 9.15 Å². The summed E-state index contributed by atoms with van der Waals surface area (Å²) in [5, 5.41) is 4.92. The molecule has 0 bridgehead atoms. The van der Waals surface area contributed by atoms with Gasteiger partial charge in [-0.3, -0.25) is 10.1 Å². The molecule has 6 nitrogen and oxygen atoms in total. The summed E-state index contributed by atoms with van der Waals surface area (Å²) < 4.78 is 10.4. The summed E-state index contributed by atoms with van der Waals surface area (Å²) >= 11 is 7.25. The van der Waals surface area contributed by atoms with Crippen LogP contribution in [0.3, 0.4) is 0 Å². The lowest BCUT2D eigenvalue weighted by atomic mass is 10.2. The van der Waals surface area contributed by atoms with Crippen molar-refractivity contribution in [1.29, 1.82) is 0 Å². The number of furan rings is 1. The number of halogens is 1. The number of anilines is 1. The fraction of sp³-hybridized carbons (Fsp3) is 0.118. The fourth-order valence-electron chi connectivity index (χ4n) is 2.05. The maximum absolute atomic E-state index is 12.3. The van der Waals surface area contributed by atoms with E-state index in [0.717, 1.165) is 11.3 Å². The lowest BCUT2D eigenvalue weighted by molar-refractivity contribution is 0.0520. The largest absolute Gasteiger partial charge is 0.461 e. The second kappa shape index (κ2) is 7.50. The van der Waals surface area contributed by atoms with Gasteiger partial charge in [-0.15, -0.1) is 11.3 Å². The van der Waals surface area contributed by atoms with Crippen LogP contribution in [0.25, 0.3) is 11.3 Å². The highest BCUT2D eigenvalue weighted by Gasteiger charge is 2.17. The van der Waals surface area contributed by atoms with Crippen molar-refractivity contribution in [1.82, 2.24) is 4.98 Å². The molecule has 128 valence electrons. The number of benzene rings is 1. The van der Waals surface area contributed by atoms with Gasteiger partial charge in [-0.05, 0) is 31.2 Å². The zero-order valence-electron chi connectivity index (χ0n) is 13.1. The summed E-state index contributed by atoms with van der Waals surface area (Å²) in [5.74, 6) is -0.397. The summed E-state index contributed by atoms with van der Waals surface area (Å²) in [6.07, 6.45) is 0. The molecule has 3 aromatic rings. The number of hydrogen-bond acceptors (Lipinski definition) is 6. The van der Waals surface area contributed by atoms with Gasteiger partial charge in [0.2, 0.25) is 0 Å². The number of thiazole rings is 1. The van der Waals surface area contributed by atoms with E-state index in [1.165, 1.54) is 5.38 Å². The minimum Gasteiger partial charge on any atom is -0.461 e. The molecule has 2 aromatic heterocycles. The minimum absolute atomic E-state index is 0.114. The second-order valence-electron chi connectivity index (χ2n) is 4.86. The molecule has 25 heavy (non-hydrogen) atoms. The molecule has 0 spiro atoms. The van der Waals surface area contributed by atoms with Gasteiger partial charge in [0, 0.05) is 10.9 Å².